The summed E-state index contributed by atoms with van der Waals surface area (Å²) in [5.41, 5.74) is 0. The zero-order valence-corrected chi connectivity index (χ0v) is 10.1. The molecule has 1 rings (SSSR count). The Kier molecular flexibility index (Phi) is 3.92. The van der Waals surface area contributed by atoms with E-state index < -0.39 is 9.90 Å². The van der Waals surface area contributed by atoms with Crippen molar-refractivity contribution in [3.8, 4) is 0 Å². The van der Waals surface area contributed by atoms with Crippen LogP contribution >= 0.6 is 34.8 Å². The van der Waals surface area contributed by atoms with Crippen LogP contribution in [0.1, 0.15) is 13.8 Å². The second kappa shape index (κ2) is 4.44. The number of hydrogen-bond acceptors (Lipinski definition) is 3. The molecule has 0 aromatic carbocycles. The molecule has 3 nitrogen and oxygen atoms in total. The van der Waals surface area contributed by atoms with Crippen LogP contribution in [0.4, 0.5) is 0 Å². The maximum absolute atomic E-state index is 9.69. The predicted octanol–water partition coefficient (Wildman–Crippen LogP) is 2.17. The Balaban J connectivity index is 2.67. The minimum atomic E-state index is -1.63. The molecule has 1 aliphatic heterocycles. The number of alkyl halides is 3. The molecule has 2 unspecified atom stereocenters. The van der Waals surface area contributed by atoms with Crippen molar-refractivity contribution in [1.29, 1.82) is 0 Å². The molecular formula is C8H12Cl3NO2. The maximum Gasteiger partial charge on any atom is 0.266 e. The smallest absolute Gasteiger partial charge is 0.266 e. The van der Waals surface area contributed by atoms with Crippen molar-refractivity contribution in [2.45, 2.75) is 29.8 Å². The average molecular weight is 261 g/mol. The van der Waals surface area contributed by atoms with Crippen molar-refractivity contribution in [2.75, 3.05) is 6.61 Å². The number of rotatable bonds is 2. The first-order valence-electron chi connectivity index (χ1n) is 4.28. The summed E-state index contributed by atoms with van der Waals surface area (Å²) >= 11 is 16.7. The standard InChI is InChI=1S/C8H12Cl3NO2/c1-4(2)6(13)5-3-14-7(12-5)8(9,10)11/h4-6,13H,3H2,1-2H3. The molecule has 0 aromatic heterocycles. The van der Waals surface area contributed by atoms with E-state index in [9.17, 15) is 5.11 Å². The zero-order valence-electron chi connectivity index (χ0n) is 7.88. The quantitative estimate of drug-likeness (QED) is 0.773. The van der Waals surface area contributed by atoms with Crippen molar-refractivity contribution >= 4 is 40.7 Å². The molecule has 0 bridgehead atoms. The predicted molar refractivity (Wildman–Crippen MR) is 58.3 cm³/mol. The van der Waals surface area contributed by atoms with E-state index >= 15 is 0 Å². The second-order valence-electron chi connectivity index (χ2n) is 3.54. The fourth-order valence-electron chi connectivity index (χ4n) is 1.16. The van der Waals surface area contributed by atoms with Gasteiger partial charge in [-0.2, -0.15) is 0 Å². The Morgan fingerprint density at radius 1 is 1.50 bits per heavy atom. The fourth-order valence-corrected chi connectivity index (χ4v) is 1.47. The monoisotopic (exact) mass is 259 g/mol. The third-order valence-electron chi connectivity index (χ3n) is 1.99. The summed E-state index contributed by atoms with van der Waals surface area (Å²) in [5, 5.41) is 9.69. The van der Waals surface area contributed by atoms with Gasteiger partial charge in [-0.3, -0.25) is 0 Å². The molecule has 0 amide bonds. The molecule has 6 heteroatoms. The van der Waals surface area contributed by atoms with Crippen molar-refractivity contribution in [3.63, 3.8) is 0 Å². The summed E-state index contributed by atoms with van der Waals surface area (Å²) in [5.74, 6) is 0.161. The molecule has 0 fully saturated rings. The highest BCUT2D eigenvalue weighted by atomic mass is 35.6. The Morgan fingerprint density at radius 3 is 2.43 bits per heavy atom. The maximum atomic E-state index is 9.69. The minimum Gasteiger partial charge on any atom is -0.476 e. The van der Waals surface area contributed by atoms with Crippen LogP contribution in [-0.4, -0.2) is 33.5 Å². The van der Waals surface area contributed by atoms with Gasteiger partial charge in [-0.15, -0.1) is 0 Å². The van der Waals surface area contributed by atoms with Gasteiger partial charge in [0.05, 0.1) is 6.10 Å². The van der Waals surface area contributed by atoms with Crippen LogP contribution in [0.25, 0.3) is 0 Å². The second-order valence-corrected chi connectivity index (χ2v) is 5.83. The Bertz CT molecular complexity index is 237. The van der Waals surface area contributed by atoms with Gasteiger partial charge >= 0.3 is 0 Å². The van der Waals surface area contributed by atoms with E-state index in [1.54, 1.807) is 0 Å². The molecule has 0 radical (unpaired) electrons. The molecule has 1 heterocycles. The Labute approximate surface area is 98.0 Å². The van der Waals surface area contributed by atoms with Crippen LogP contribution in [0.15, 0.2) is 4.99 Å². The number of nitrogens with zero attached hydrogens (tertiary/aromatic N) is 1. The van der Waals surface area contributed by atoms with Crippen LogP contribution < -0.4 is 0 Å². The molecule has 1 aliphatic rings. The van der Waals surface area contributed by atoms with Gasteiger partial charge in [-0.25, -0.2) is 4.99 Å². The van der Waals surface area contributed by atoms with Crippen molar-refractivity contribution in [1.82, 2.24) is 0 Å². The lowest BCUT2D eigenvalue weighted by Gasteiger charge is -2.17. The van der Waals surface area contributed by atoms with E-state index in [2.05, 4.69) is 4.99 Å². The molecule has 82 valence electrons. The summed E-state index contributed by atoms with van der Waals surface area (Å²) in [6.07, 6.45) is -0.570. The molecule has 0 saturated heterocycles. The first-order valence-corrected chi connectivity index (χ1v) is 5.41. The van der Waals surface area contributed by atoms with E-state index in [1.165, 1.54) is 0 Å². The topological polar surface area (TPSA) is 41.8 Å². The van der Waals surface area contributed by atoms with Gasteiger partial charge in [-0.05, 0) is 5.92 Å². The van der Waals surface area contributed by atoms with Gasteiger partial charge in [-0.1, -0.05) is 48.7 Å². The van der Waals surface area contributed by atoms with Gasteiger partial charge in [0.25, 0.3) is 3.79 Å². The molecule has 0 saturated carbocycles. The summed E-state index contributed by atoms with van der Waals surface area (Å²) in [6, 6.07) is -0.333. The van der Waals surface area contributed by atoms with Gasteiger partial charge < -0.3 is 9.84 Å². The highest BCUT2D eigenvalue weighted by Gasteiger charge is 2.37. The van der Waals surface area contributed by atoms with Crippen molar-refractivity contribution in [3.05, 3.63) is 0 Å². The lowest BCUT2D eigenvalue weighted by molar-refractivity contribution is 0.0869. The van der Waals surface area contributed by atoms with Gasteiger partial charge in [0, 0.05) is 0 Å². The molecule has 0 aliphatic carbocycles. The van der Waals surface area contributed by atoms with Crippen LogP contribution in [-0.2, 0) is 4.74 Å². The van der Waals surface area contributed by atoms with Crippen molar-refractivity contribution < 1.29 is 9.84 Å². The van der Waals surface area contributed by atoms with Crippen LogP contribution in [0.3, 0.4) is 0 Å². The molecule has 2 atom stereocenters. The van der Waals surface area contributed by atoms with Gasteiger partial charge in [0.2, 0.25) is 5.90 Å². The van der Waals surface area contributed by atoms with E-state index in [4.69, 9.17) is 39.5 Å². The van der Waals surface area contributed by atoms with E-state index in [0.29, 0.717) is 0 Å². The number of ether oxygens (including phenoxy) is 1. The van der Waals surface area contributed by atoms with Crippen LogP contribution in [0, 0.1) is 5.92 Å². The Hall–Kier alpha value is 0.300. The van der Waals surface area contributed by atoms with Crippen molar-refractivity contribution in [2.24, 2.45) is 10.9 Å². The normalized spacial score (nSPS) is 24.8. The first kappa shape index (κ1) is 12.4. The molecular weight excluding hydrogens is 248 g/mol. The fraction of sp³-hybridized carbons (Fsp3) is 0.875. The molecule has 0 spiro atoms. The lowest BCUT2D eigenvalue weighted by atomic mass is 10.0. The van der Waals surface area contributed by atoms with Crippen LogP contribution in [0.5, 0.6) is 0 Å². The number of aliphatic hydroxyl groups excluding tert-OH is 1. The molecule has 14 heavy (non-hydrogen) atoms. The highest BCUT2D eigenvalue weighted by Crippen LogP contribution is 2.32. The molecule has 0 aromatic rings. The van der Waals surface area contributed by atoms with E-state index in [0.717, 1.165) is 0 Å². The van der Waals surface area contributed by atoms with Gasteiger partial charge in [0.15, 0.2) is 0 Å². The number of hydrogen-bond donors (Lipinski definition) is 1. The third-order valence-corrected chi connectivity index (χ3v) is 2.48. The number of aliphatic hydroxyl groups is 1. The minimum absolute atomic E-state index is 0.0622. The molecule has 1 N–H and O–H groups in total. The average Bonchev–Trinajstić information content (AvgIpc) is 2.49. The highest BCUT2D eigenvalue weighted by molar-refractivity contribution is 6.76. The lowest BCUT2D eigenvalue weighted by Crippen LogP contribution is -2.30. The number of aliphatic imine (C=N–C) groups is 1. The number of halogens is 3. The van der Waals surface area contributed by atoms with E-state index in [1.807, 2.05) is 13.8 Å². The Morgan fingerprint density at radius 2 is 2.07 bits per heavy atom. The summed E-state index contributed by atoms with van der Waals surface area (Å²) < 4.78 is 3.46. The summed E-state index contributed by atoms with van der Waals surface area (Å²) in [7, 11) is 0. The largest absolute Gasteiger partial charge is 0.476 e. The van der Waals surface area contributed by atoms with Crippen LogP contribution in [0.2, 0.25) is 0 Å². The first-order chi connectivity index (χ1) is 6.32. The summed E-state index contributed by atoms with van der Waals surface area (Å²) in [6.45, 7) is 4.06. The zero-order chi connectivity index (χ0) is 10.9. The SMILES string of the molecule is CC(C)C(O)C1COC(C(Cl)(Cl)Cl)=N1. The third kappa shape index (κ3) is 2.89. The van der Waals surface area contributed by atoms with Gasteiger partial charge in [0.1, 0.15) is 12.6 Å². The summed E-state index contributed by atoms with van der Waals surface area (Å²) in [4.78, 5) is 4.03. The van der Waals surface area contributed by atoms with E-state index in [-0.39, 0.29) is 24.5 Å².